The van der Waals surface area contributed by atoms with E-state index in [1.807, 2.05) is 0 Å². The van der Waals surface area contributed by atoms with Crippen LogP contribution in [0, 0.1) is 52.3 Å². The third-order valence-electron chi connectivity index (χ3n) is 11.9. The number of fused-ring (bicyclic) bond motifs is 7. The molecule has 6 rings (SSSR count). The summed E-state index contributed by atoms with van der Waals surface area (Å²) in [5.74, 6) is 4.93. The molecule has 0 unspecified atom stereocenters. The molecule has 3 heteroatoms. The van der Waals surface area contributed by atoms with Crippen molar-refractivity contribution in [2.45, 2.75) is 110 Å². The van der Waals surface area contributed by atoms with E-state index in [0.29, 0.717) is 34.7 Å². The summed E-state index contributed by atoms with van der Waals surface area (Å²) in [6.07, 6.45) is 12.9. The van der Waals surface area contributed by atoms with Crippen LogP contribution in [0.4, 0.5) is 0 Å². The molecule has 4 aliphatic carbocycles. The van der Waals surface area contributed by atoms with Crippen molar-refractivity contribution in [3.63, 3.8) is 0 Å². The molecule has 0 aromatic heterocycles. The van der Waals surface area contributed by atoms with E-state index in [9.17, 15) is 5.11 Å². The lowest BCUT2D eigenvalue weighted by molar-refractivity contribution is -0.273. The van der Waals surface area contributed by atoms with Crippen LogP contribution >= 0.6 is 0 Å². The molecule has 3 nitrogen and oxygen atoms in total. The van der Waals surface area contributed by atoms with Gasteiger partial charge >= 0.3 is 0 Å². The first-order valence-electron chi connectivity index (χ1n) is 13.3. The van der Waals surface area contributed by atoms with Crippen molar-refractivity contribution in [2.75, 3.05) is 6.61 Å². The van der Waals surface area contributed by atoms with E-state index in [0.717, 1.165) is 49.5 Å². The van der Waals surface area contributed by atoms with Gasteiger partial charge in [0.05, 0.1) is 18.8 Å². The second-order valence-corrected chi connectivity index (χ2v) is 13.1. The first-order valence-corrected chi connectivity index (χ1v) is 13.3. The number of aliphatic hydroxyl groups is 1. The molecular weight excluding hydrogens is 372 g/mol. The van der Waals surface area contributed by atoms with Gasteiger partial charge < -0.3 is 14.6 Å². The lowest BCUT2D eigenvalue weighted by Crippen LogP contribution is -2.55. The normalized spacial score (nSPS) is 62.5. The Morgan fingerprint density at radius 2 is 1.63 bits per heavy atom. The summed E-state index contributed by atoms with van der Waals surface area (Å²) < 4.78 is 13.4. The van der Waals surface area contributed by atoms with Crippen molar-refractivity contribution in [1.29, 1.82) is 0 Å². The Morgan fingerprint density at radius 3 is 2.40 bits per heavy atom. The summed E-state index contributed by atoms with van der Waals surface area (Å²) in [5, 5.41) is 10.3. The third-order valence-corrected chi connectivity index (χ3v) is 11.9. The maximum atomic E-state index is 10.3. The Balaban J connectivity index is 1.26. The third kappa shape index (κ3) is 2.61. The van der Waals surface area contributed by atoms with E-state index >= 15 is 0 Å². The molecule has 0 aromatic rings. The number of hydrogen-bond donors (Lipinski definition) is 1. The molecular formula is C27H44O3. The first kappa shape index (κ1) is 20.5. The molecule has 4 saturated carbocycles. The van der Waals surface area contributed by atoms with Crippen LogP contribution in [0.2, 0.25) is 0 Å². The number of ether oxygens (including phenoxy) is 2. The van der Waals surface area contributed by atoms with Crippen LogP contribution in [0.5, 0.6) is 0 Å². The fourth-order valence-corrected chi connectivity index (χ4v) is 10.3. The van der Waals surface area contributed by atoms with E-state index < -0.39 is 0 Å². The van der Waals surface area contributed by atoms with Crippen LogP contribution in [0.1, 0.15) is 91.9 Å². The molecule has 30 heavy (non-hydrogen) atoms. The molecule has 6 aliphatic rings. The Morgan fingerprint density at radius 1 is 0.833 bits per heavy atom. The highest BCUT2D eigenvalue weighted by molar-refractivity contribution is 5.15. The van der Waals surface area contributed by atoms with Gasteiger partial charge in [0.1, 0.15) is 0 Å². The van der Waals surface area contributed by atoms with Gasteiger partial charge in [-0.1, -0.05) is 27.7 Å². The summed E-state index contributed by atoms with van der Waals surface area (Å²) in [6.45, 7) is 10.9. The maximum Gasteiger partial charge on any atom is 0.171 e. The van der Waals surface area contributed by atoms with Gasteiger partial charge in [0, 0.05) is 12.3 Å². The summed E-state index contributed by atoms with van der Waals surface area (Å²) in [4.78, 5) is 0. The van der Waals surface area contributed by atoms with E-state index in [-0.39, 0.29) is 11.9 Å². The topological polar surface area (TPSA) is 38.7 Å². The van der Waals surface area contributed by atoms with Crippen molar-refractivity contribution < 1.29 is 14.6 Å². The van der Waals surface area contributed by atoms with Gasteiger partial charge in [-0.15, -0.1) is 0 Å². The molecule has 1 N–H and O–H groups in total. The van der Waals surface area contributed by atoms with E-state index in [1.165, 1.54) is 44.9 Å². The van der Waals surface area contributed by atoms with Crippen LogP contribution in [0.3, 0.4) is 0 Å². The second kappa shape index (κ2) is 6.70. The van der Waals surface area contributed by atoms with Gasteiger partial charge in [-0.05, 0) is 104 Å². The van der Waals surface area contributed by atoms with Crippen LogP contribution in [-0.4, -0.2) is 29.7 Å². The van der Waals surface area contributed by atoms with Crippen LogP contribution in [0.15, 0.2) is 0 Å². The zero-order chi connectivity index (χ0) is 20.9. The largest absolute Gasteiger partial charge is 0.393 e. The van der Waals surface area contributed by atoms with Crippen molar-refractivity contribution in [2.24, 2.45) is 52.3 Å². The molecule has 2 heterocycles. The highest BCUT2D eigenvalue weighted by atomic mass is 16.7. The van der Waals surface area contributed by atoms with Crippen molar-refractivity contribution >= 4 is 0 Å². The van der Waals surface area contributed by atoms with E-state index in [4.69, 9.17) is 9.47 Å². The molecule has 0 aromatic carbocycles. The lowest BCUT2D eigenvalue weighted by atomic mass is 9.44. The predicted molar refractivity (Wildman–Crippen MR) is 118 cm³/mol. The van der Waals surface area contributed by atoms with Gasteiger partial charge in [-0.25, -0.2) is 0 Å². The van der Waals surface area contributed by atoms with Gasteiger partial charge in [0.15, 0.2) is 5.79 Å². The van der Waals surface area contributed by atoms with Gasteiger partial charge in [0.25, 0.3) is 0 Å². The molecule has 12 atom stereocenters. The van der Waals surface area contributed by atoms with E-state index in [1.54, 1.807) is 0 Å². The maximum absolute atomic E-state index is 10.3. The Hall–Kier alpha value is -0.120. The highest BCUT2D eigenvalue weighted by Gasteiger charge is 2.69. The standard InChI is InChI=1S/C27H44O3/c1-16-7-12-27(29-15-16)17(2)24-23(30-27)14-22-20-6-5-18-13-19(28)8-10-25(18,3)21(20)9-11-26(22,24)4/h16-24,28H,5-15H2,1-4H3/t16-,17-,18-,19-,20+,21-,22-,23-,24-,25-,26-,27+/m0/s1. The predicted octanol–water partition coefficient (Wildman–Crippen LogP) is 5.79. The summed E-state index contributed by atoms with van der Waals surface area (Å²) >= 11 is 0. The van der Waals surface area contributed by atoms with Crippen molar-refractivity contribution in [3.05, 3.63) is 0 Å². The van der Waals surface area contributed by atoms with Crippen LogP contribution < -0.4 is 0 Å². The number of aliphatic hydroxyl groups excluding tert-OH is 1. The van der Waals surface area contributed by atoms with Gasteiger partial charge in [-0.2, -0.15) is 0 Å². The van der Waals surface area contributed by atoms with Crippen LogP contribution in [0.25, 0.3) is 0 Å². The summed E-state index contributed by atoms with van der Waals surface area (Å²) in [7, 11) is 0. The summed E-state index contributed by atoms with van der Waals surface area (Å²) in [6, 6.07) is 0. The number of hydrogen-bond acceptors (Lipinski definition) is 3. The fraction of sp³-hybridized carbons (Fsp3) is 1.00. The minimum atomic E-state index is -0.282. The Kier molecular flexibility index (Phi) is 4.58. The first-order chi connectivity index (χ1) is 14.3. The smallest absolute Gasteiger partial charge is 0.171 e. The molecule has 2 aliphatic heterocycles. The highest BCUT2D eigenvalue weighted by Crippen LogP contribution is 2.71. The second-order valence-electron chi connectivity index (χ2n) is 13.1. The molecule has 6 fully saturated rings. The van der Waals surface area contributed by atoms with Crippen molar-refractivity contribution in [3.8, 4) is 0 Å². The monoisotopic (exact) mass is 416 g/mol. The molecule has 170 valence electrons. The van der Waals surface area contributed by atoms with Gasteiger partial charge in [-0.3, -0.25) is 0 Å². The zero-order valence-electron chi connectivity index (χ0n) is 19.7. The molecule has 1 spiro atoms. The quantitative estimate of drug-likeness (QED) is 0.543. The van der Waals surface area contributed by atoms with Crippen LogP contribution in [-0.2, 0) is 9.47 Å². The van der Waals surface area contributed by atoms with Gasteiger partial charge in [0.2, 0.25) is 0 Å². The summed E-state index contributed by atoms with van der Waals surface area (Å²) in [5.41, 5.74) is 0.899. The molecule has 0 amide bonds. The molecule has 0 bridgehead atoms. The minimum Gasteiger partial charge on any atom is -0.393 e. The average molecular weight is 417 g/mol. The Bertz CT molecular complexity index is 684. The Labute approximate surface area is 183 Å². The average Bonchev–Trinajstić information content (AvgIpc) is 3.16. The SMILES string of the molecule is C[C@H]1CC[C@@]2(OC1)O[C@H]1C[C@H]3[C@@H]4CC[C@H]5C[C@@H](O)CC[C@]5(C)[C@H]4CC[C@]3(C)[C@H]1[C@@H]2C. The fourth-order valence-electron chi connectivity index (χ4n) is 10.3. The minimum absolute atomic E-state index is 0.0389. The zero-order valence-corrected chi connectivity index (χ0v) is 19.7. The molecule has 0 radical (unpaired) electrons. The number of rotatable bonds is 0. The lowest BCUT2D eigenvalue weighted by Gasteiger charge is -2.61. The van der Waals surface area contributed by atoms with E-state index in [2.05, 4.69) is 27.7 Å². The molecule has 2 saturated heterocycles. The van der Waals surface area contributed by atoms with Crippen molar-refractivity contribution in [1.82, 2.24) is 0 Å².